The summed E-state index contributed by atoms with van der Waals surface area (Å²) < 4.78 is 5.15. The molecule has 1 saturated heterocycles. The quantitative estimate of drug-likeness (QED) is 0.878. The molecule has 1 atom stereocenters. The third kappa shape index (κ3) is 4.23. The van der Waals surface area contributed by atoms with Crippen molar-refractivity contribution in [2.75, 3.05) is 7.11 Å². The van der Waals surface area contributed by atoms with E-state index < -0.39 is 11.2 Å². The summed E-state index contributed by atoms with van der Waals surface area (Å²) in [6.45, 7) is 0.396. The van der Waals surface area contributed by atoms with Crippen molar-refractivity contribution in [3.05, 3.63) is 60.2 Å². The van der Waals surface area contributed by atoms with Gasteiger partial charge in [-0.1, -0.05) is 42.1 Å². The van der Waals surface area contributed by atoms with E-state index in [1.54, 1.807) is 36.3 Å². The highest BCUT2D eigenvalue weighted by Gasteiger charge is 2.34. The number of methoxy groups -OCH3 is 1. The number of nitrogens with zero attached hydrogens (tertiary/aromatic N) is 2. The highest BCUT2D eigenvalue weighted by molar-refractivity contribution is 8.15. The maximum Gasteiger partial charge on any atom is 0.231 e. The molecule has 1 fully saturated rings. The van der Waals surface area contributed by atoms with E-state index in [2.05, 4.69) is 4.99 Å². The molecule has 0 radical (unpaired) electrons. The molecule has 1 aliphatic heterocycles. The summed E-state index contributed by atoms with van der Waals surface area (Å²) in [4.78, 5) is 30.4. The van der Waals surface area contributed by atoms with E-state index in [4.69, 9.17) is 10.5 Å². The fourth-order valence-corrected chi connectivity index (χ4v) is 3.59. The lowest BCUT2D eigenvalue weighted by atomic mass is 10.2. The van der Waals surface area contributed by atoms with Gasteiger partial charge in [0.25, 0.3) is 0 Å². The van der Waals surface area contributed by atoms with E-state index in [0.717, 1.165) is 11.3 Å². The predicted octanol–water partition coefficient (Wildman–Crippen LogP) is 2.70. The zero-order chi connectivity index (χ0) is 18.5. The second kappa shape index (κ2) is 8.05. The largest absolute Gasteiger partial charge is 0.497 e. The number of amides is 2. The number of hydrogen-bond donors (Lipinski definition) is 1. The van der Waals surface area contributed by atoms with Gasteiger partial charge in [0.05, 0.1) is 24.6 Å². The van der Waals surface area contributed by atoms with Gasteiger partial charge in [0.15, 0.2) is 5.17 Å². The number of amidine groups is 1. The van der Waals surface area contributed by atoms with Gasteiger partial charge in [-0.3, -0.25) is 14.5 Å². The molecule has 3 rings (SSSR count). The average molecular weight is 369 g/mol. The maximum absolute atomic E-state index is 12.6. The molecular weight excluding hydrogens is 350 g/mol. The minimum Gasteiger partial charge on any atom is -0.497 e. The Morgan fingerprint density at radius 3 is 2.54 bits per heavy atom. The Labute approximate surface area is 156 Å². The molecule has 2 amide bonds. The van der Waals surface area contributed by atoms with Crippen LogP contribution in [0.1, 0.15) is 12.0 Å². The zero-order valence-electron chi connectivity index (χ0n) is 14.3. The molecule has 26 heavy (non-hydrogen) atoms. The molecule has 2 aromatic carbocycles. The second-order valence-corrected chi connectivity index (χ2v) is 6.94. The first kappa shape index (κ1) is 18.0. The van der Waals surface area contributed by atoms with Crippen LogP contribution in [0.3, 0.4) is 0 Å². The SMILES string of the molecule is COc1ccc(N=C2SC(C(N)=O)CC(=O)N2Cc2ccccc2)cc1. The van der Waals surface area contributed by atoms with Crippen LogP contribution in [0, 0.1) is 0 Å². The van der Waals surface area contributed by atoms with Gasteiger partial charge in [-0.25, -0.2) is 4.99 Å². The van der Waals surface area contributed by atoms with E-state index >= 15 is 0 Å². The third-order valence-electron chi connectivity index (χ3n) is 3.94. The number of ether oxygens (including phenoxy) is 1. The summed E-state index contributed by atoms with van der Waals surface area (Å²) in [5, 5.41) is -0.134. The van der Waals surface area contributed by atoms with Crippen LogP contribution in [-0.2, 0) is 16.1 Å². The minimum absolute atomic E-state index is 0.0778. The van der Waals surface area contributed by atoms with Crippen molar-refractivity contribution >= 4 is 34.4 Å². The molecule has 134 valence electrons. The van der Waals surface area contributed by atoms with Crippen molar-refractivity contribution in [3.63, 3.8) is 0 Å². The summed E-state index contributed by atoms with van der Waals surface area (Å²) in [6, 6.07) is 16.8. The van der Waals surface area contributed by atoms with Gasteiger partial charge in [0.1, 0.15) is 5.75 Å². The Kier molecular flexibility index (Phi) is 5.58. The first-order chi connectivity index (χ1) is 12.6. The standard InChI is InChI=1S/C19H19N3O3S/c1-25-15-9-7-14(8-10-15)21-19-22(12-13-5-3-2-4-6-13)17(23)11-16(26-19)18(20)24/h2-10,16H,11-12H2,1H3,(H2,20,24). The van der Waals surface area contributed by atoms with Gasteiger partial charge >= 0.3 is 0 Å². The molecule has 0 saturated carbocycles. The lowest BCUT2D eigenvalue weighted by Gasteiger charge is -2.31. The van der Waals surface area contributed by atoms with Crippen LogP contribution in [0.2, 0.25) is 0 Å². The first-order valence-corrected chi connectivity index (χ1v) is 8.98. The Bertz CT molecular complexity index is 822. The van der Waals surface area contributed by atoms with E-state index in [-0.39, 0.29) is 12.3 Å². The number of carbonyl (C=O) groups excluding carboxylic acids is 2. The molecule has 0 aromatic heterocycles. The van der Waals surface area contributed by atoms with Crippen LogP contribution in [0.15, 0.2) is 59.6 Å². The van der Waals surface area contributed by atoms with E-state index in [9.17, 15) is 9.59 Å². The van der Waals surface area contributed by atoms with Crippen LogP contribution in [0.4, 0.5) is 5.69 Å². The smallest absolute Gasteiger partial charge is 0.231 e. The number of aliphatic imine (C=N–C) groups is 1. The number of carbonyl (C=O) groups is 2. The van der Waals surface area contributed by atoms with E-state index in [0.29, 0.717) is 17.4 Å². The van der Waals surface area contributed by atoms with E-state index in [1.165, 1.54) is 11.8 Å². The van der Waals surface area contributed by atoms with Crippen molar-refractivity contribution < 1.29 is 14.3 Å². The monoisotopic (exact) mass is 369 g/mol. The summed E-state index contributed by atoms with van der Waals surface area (Å²) in [6.07, 6.45) is 0.0778. The average Bonchev–Trinajstić information content (AvgIpc) is 2.65. The van der Waals surface area contributed by atoms with Gasteiger partial charge in [-0.05, 0) is 29.8 Å². The number of rotatable bonds is 5. The van der Waals surface area contributed by atoms with E-state index in [1.807, 2.05) is 30.3 Å². The molecule has 6 nitrogen and oxygen atoms in total. The Hall–Kier alpha value is -2.80. The summed E-state index contributed by atoms with van der Waals surface area (Å²) in [5.74, 6) is 0.0475. The van der Waals surface area contributed by atoms with Crippen LogP contribution >= 0.6 is 11.8 Å². The summed E-state index contributed by atoms with van der Waals surface area (Å²) in [5.41, 5.74) is 7.08. The molecule has 0 aliphatic carbocycles. The molecule has 7 heteroatoms. The normalized spacial score (nSPS) is 18.8. The Morgan fingerprint density at radius 2 is 1.92 bits per heavy atom. The van der Waals surface area contributed by atoms with Gasteiger partial charge in [-0.2, -0.15) is 0 Å². The van der Waals surface area contributed by atoms with Crippen molar-refractivity contribution in [3.8, 4) is 5.75 Å². The molecule has 1 heterocycles. The minimum atomic E-state index is -0.605. The van der Waals surface area contributed by atoms with Crippen LogP contribution in [0.25, 0.3) is 0 Å². The number of hydrogen-bond acceptors (Lipinski definition) is 5. The Morgan fingerprint density at radius 1 is 1.23 bits per heavy atom. The fourth-order valence-electron chi connectivity index (χ4n) is 2.54. The topological polar surface area (TPSA) is 85.0 Å². The molecular formula is C19H19N3O3S. The maximum atomic E-state index is 12.6. The summed E-state index contributed by atoms with van der Waals surface area (Å²) in [7, 11) is 1.59. The van der Waals surface area contributed by atoms with Gasteiger partial charge < -0.3 is 10.5 Å². The zero-order valence-corrected chi connectivity index (χ0v) is 15.1. The number of thioether (sulfide) groups is 1. The molecule has 2 N–H and O–H groups in total. The number of primary amides is 1. The molecule has 0 bridgehead atoms. The van der Waals surface area contributed by atoms with Crippen molar-refractivity contribution in [1.82, 2.24) is 4.90 Å². The van der Waals surface area contributed by atoms with Crippen molar-refractivity contribution in [2.24, 2.45) is 10.7 Å². The van der Waals surface area contributed by atoms with Crippen LogP contribution in [-0.4, -0.2) is 34.2 Å². The lowest BCUT2D eigenvalue weighted by Crippen LogP contribution is -2.45. The van der Waals surface area contributed by atoms with Gasteiger partial charge in [-0.15, -0.1) is 0 Å². The molecule has 1 aliphatic rings. The predicted molar refractivity (Wildman–Crippen MR) is 102 cm³/mol. The van der Waals surface area contributed by atoms with Crippen LogP contribution < -0.4 is 10.5 Å². The van der Waals surface area contributed by atoms with Gasteiger partial charge in [0, 0.05) is 6.42 Å². The van der Waals surface area contributed by atoms with Crippen molar-refractivity contribution in [2.45, 2.75) is 18.2 Å². The highest BCUT2D eigenvalue weighted by atomic mass is 32.2. The first-order valence-electron chi connectivity index (χ1n) is 8.10. The molecule has 2 aromatic rings. The third-order valence-corrected chi connectivity index (χ3v) is 5.14. The van der Waals surface area contributed by atoms with Crippen molar-refractivity contribution in [1.29, 1.82) is 0 Å². The summed E-state index contributed by atoms with van der Waals surface area (Å²) >= 11 is 1.22. The number of nitrogens with two attached hydrogens (primary N) is 1. The fraction of sp³-hybridized carbons (Fsp3) is 0.211. The lowest BCUT2D eigenvalue weighted by molar-refractivity contribution is -0.130. The highest BCUT2D eigenvalue weighted by Crippen LogP contribution is 2.30. The van der Waals surface area contributed by atoms with Gasteiger partial charge in [0.2, 0.25) is 11.8 Å². The molecule has 0 spiro atoms. The second-order valence-electron chi connectivity index (χ2n) is 5.77. The molecule has 1 unspecified atom stereocenters. The number of benzene rings is 2. The Balaban J connectivity index is 1.91. The van der Waals surface area contributed by atoms with Crippen LogP contribution in [0.5, 0.6) is 5.75 Å².